The maximum atomic E-state index is 3.91. The van der Waals surface area contributed by atoms with Crippen LogP contribution in [0.1, 0.15) is 78.1 Å². The molecule has 0 aromatic carbocycles. The first kappa shape index (κ1) is 12.4. The van der Waals surface area contributed by atoms with Crippen molar-refractivity contribution in [2.24, 2.45) is 5.41 Å². The molecule has 0 heterocycles. The Bertz CT molecular complexity index is 205. The van der Waals surface area contributed by atoms with E-state index in [9.17, 15) is 0 Å². The van der Waals surface area contributed by atoms with E-state index in [1.807, 2.05) is 0 Å². The monoisotopic (exact) mass is 223 g/mol. The highest BCUT2D eigenvalue weighted by atomic mass is 15.0. The number of nitrogens with one attached hydrogen (secondary N) is 1. The van der Waals surface area contributed by atoms with Gasteiger partial charge in [0, 0.05) is 12.1 Å². The average Bonchev–Trinajstić information content (AvgIpc) is 2.33. The second-order valence-electron chi connectivity index (χ2n) is 6.22. The van der Waals surface area contributed by atoms with Crippen LogP contribution in [0.3, 0.4) is 0 Å². The highest BCUT2D eigenvalue weighted by molar-refractivity contribution is 5.02. The van der Waals surface area contributed by atoms with Gasteiger partial charge in [-0.05, 0) is 44.4 Å². The van der Waals surface area contributed by atoms with Crippen LogP contribution in [0.15, 0.2) is 0 Å². The molecule has 0 aliphatic heterocycles. The Morgan fingerprint density at radius 3 is 2.50 bits per heavy atom. The van der Waals surface area contributed by atoms with Crippen molar-refractivity contribution in [2.75, 3.05) is 0 Å². The zero-order chi connectivity index (χ0) is 11.4. The minimum atomic E-state index is 0.735. The summed E-state index contributed by atoms with van der Waals surface area (Å²) >= 11 is 0. The Kier molecular flexibility index (Phi) is 4.29. The molecule has 16 heavy (non-hydrogen) atoms. The molecular formula is C15H29N. The number of unbranched alkanes of at least 4 members (excludes halogenated alkanes) is 1. The molecule has 2 rings (SSSR count). The fourth-order valence-corrected chi connectivity index (χ4v) is 3.75. The summed E-state index contributed by atoms with van der Waals surface area (Å²) < 4.78 is 0. The van der Waals surface area contributed by atoms with Crippen LogP contribution in [0.5, 0.6) is 0 Å². The average molecular weight is 223 g/mol. The van der Waals surface area contributed by atoms with Crippen molar-refractivity contribution < 1.29 is 0 Å². The summed E-state index contributed by atoms with van der Waals surface area (Å²) in [5.41, 5.74) is 0.735. The van der Waals surface area contributed by atoms with Gasteiger partial charge in [-0.15, -0.1) is 0 Å². The Morgan fingerprint density at radius 2 is 1.94 bits per heavy atom. The van der Waals surface area contributed by atoms with Gasteiger partial charge in [-0.3, -0.25) is 0 Å². The third kappa shape index (κ3) is 2.61. The molecule has 1 heteroatoms. The van der Waals surface area contributed by atoms with Gasteiger partial charge in [0.15, 0.2) is 0 Å². The van der Waals surface area contributed by atoms with Crippen LogP contribution in [0.2, 0.25) is 0 Å². The summed E-state index contributed by atoms with van der Waals surface area (Å²) in [6, 6.07) is 1.60. The van der Waals surface area contributed by atoms with Crippen molar-refractivity contribution in [1.29, 1.82) is 0 Å². The first-order valence-electron chi connectivity index (χ1n) is 7.53. The minimum absolute atomic E-state index is 0.735. The third-order valence-corrected chi connectivity index (χ3v) is 5.00. The predicted octanol–water partition coefficient (Wildman–Crippen LogP) is 4.27. The van der Waals surface area contributed by atoms with Gasteiger partial charge in [0.25, 0.3) is 0 Å². The van der Waals surface area contributed by atoms with Gasteiger partial charge >= 0.3 is 0 Å². The molecule has 1 spiro atoms. The molecule has 2 saturated carbocycles. The topological polar surface area (TPSA) is 12.0 Å². The Morgan fingerprint density at radius 1 is 1.19 bits per heavy atom. The summed E-state index contributed by atoms with van der Waals surface area (Å²) in [6.07, 6.45) is 14.5. The van der Waals surface area contributed by atoms with Gasteiger partial charge in [0.2, 0.25) is 0 Å². The standard InChI is InChI=1S/C15H29N/c1-3-4-8-13(2)16-14-9-12-15(14)10-6-5-7-11-15/h13-14,16H,3-12H2,1-2H3. The molecule has 0 aromatic rings. The molecule has 2 unspecified atom stereocenters. The normalized spacial score (nSPS) is 30.0. The van der Waals surface area contributed by atoms with Crippen LogP contribution in [0.25, 0.3) is 0 Å². The largest absolute Gasteiger partial charge is 0.311 e. The molecule has 1 N–H and O–H groups in total. The Hall–Kier alpha value is -0.0400. The minimum Gasteiger partial charge on any atom is -0.311 e. The van der Waals surface area contributed by atoms with E-state index in [0.29, 0.717) is 0 Å². The lowest BCUT2D eigenvalue weighted by Gasteiger charge is -2.53. The number of rotatable bonds is 5. The zero-order valence-electron chi connectivity index (χ0n) is 11.2. The molecule has 2 aliphatic carbocycles. The van der Waals surface area contributed by atoms with Gasteiger partial charge in [-0.1, -0.05) is 39.0 Å². The lowest BCUT2D eigenvalue weighted by molar-refractivity contribution is 0.0169. The van der Waals surface area contributed by atoms with Gasteiger partial charge in [-0.25, -0.2) is 0 Å². The van der Waals surface area contributed by atoms with Crippen LogP contribution in [-0.4, -0.2) is 12.1 Å². The maximum Gasteiger partial charge on any atom is 0.0126 e. The Labute approximate surface area is 101 Å². The van der Waals surface area contributed by atoms with Crippen LogP contribution < -0.4 is 5.32 Å². The lowest BCUT2D eigenvalue weighted by Crippen LogP contribution is -2.56. The molecule has 1 nitrogen and oxygen atoms in total. The fourth-order valence-electron chi connectivity index (χ4n) is 3.75. The van der Waals surface area contributed by atoms with E-state index in [4.69, 9.17) is 0 Å². The number of hydrogen-bond donors (Lipinski definition) is 1. The van der Waals surface area contributed by atoms with Crippen molar-refractivity contribution in [3.8, 4) is 0 Å². The van der Waals surface area contributed by atoms with Crippen molar-refractivity contribution in [1.82, 2.24) is 5.32 Å². The van der Waals surface area contributed by atoms with Crippen molar-refractivity contribution in [3.05, 3.63) is 0 Å². The van der Waals surface area contributed by atoms with E-state index in [2.05, 4.69) is 19.2 Å². The summed E-state index contributed by atoms with van der Waals surface area (Å²) in [5, 5.41) is 3.91. The number of hydrogen-bond acceptors (Lipinski definition) is 1. The van der Waals surface area contributed by atoms with E-state index in [0.717, 1.165) is 17.5 Å². The van der Waals surface area contributed by atoms with Gasteiger partial charge in [-0.2, -0.15) is 0 Å². The molecule has 0 amide bonds. The second kappa shape index (κ2) is 5.53. The summed E-state index contributed by atoms with van der Waals surface area (Å²) in [5.74, 6) is 0. The lowest BCUT2D eigenvalue weighted by atomic mass is 9.57. The maximum absolute atomic E-state index is 3.91. The zero-order valence-corrected chi connectivity index (χ0v) is 11.2. The first-order chi connectivity index (χ1) is 7.77. The molecule has 0 aromatic heterocycles. The molecule has 0 bridgehead atoms. The van der Waals surface area contributed by atoms with Crippen LogP contribution in [0, 0.1) is 5.41 Å². The molecule has 2 fully saturated rings. The van der Waals surface area contributed by atoms with Gasteiger partial charge < -0.3 is 5.32 Å². The first-order valence-corrected chi connectivity index (χ1v) is 7.53. The summed E-state index contributed by atoms with van der Waals surface area (Å²) in [6.45, 7) is 4.67. The smallest absolute Gasteiger partial charge is 0.0126 e. The van der Waals surface area contributed by atoms with E-state index in [1.165, 1.54) is 64.2 Å². The molecule has 0 saturated heterocycles. The molecular weight excluding hydrogens is 194 g/mol. The summed E-state index contributed by atoms with van der Waals surface area (Å²) in [4.78, 5) is 0. The fraction of sp³-hybridized carbons (Fsp3) is 1.00. The van der Waals surface area contributed by atoms with E-state index < -0.39 is 0 Å². The van der Waals surface area contributed by atoms with Crippen molar-refractivity contribution in [2.45, 2.75) is 90.1 Å². The van der Waals surface area contributed by atoms with Crippen molar-refractivity contribution >= 4 is 0 Å². The molecule has 2 aliphatic rings. The van der Waals surface area contributed by atoms with Crippen LogP contribution >= 0.6 is 0 Å². The molecule has 2 atom stereocenters. The third-order valence-electron chi connectivity index (χ3n) is 5.00. The van der Waals surface area contributed by atoms with E-state index >= 15 is 0 Å². The quantitative estimate of drug-likeness (QED) is 0.734. The van der Waals surface area contributed by atoms with E-state index in [1.54, 1.807) is 0 Å². The SMILES string of the molecule is CCCCC(C)NC1CCC12CCCCC2. The van der Waals surface area contributed by atoms with Crippen molar-refractivity contribution in [3.63, 3.8) is 0 Å². The Balaban J connectivity index is 1.77. The van der Waals surface area contributed by atoms with Gasteiger partial charge in [0.1, 0.15) is 0 Å². The highest BCUT2D eigenvalue weighted by Crippen LogP contribution is 2.51. The van der Waals surface area contributed by atoms with Gasteiger partial charge in [0.05, 0.1) is 0 Å². The predicted molar refractivity (Wildman–Crippen MR) is 70.7 cm³/mol. The second-order valence-corrected chi connectivity index (χ2v) is 6.22. The summed E-state index contributed by atoms with van der Waals surface area (Å²) in [7, 11) is 0. The molecule has 0 radical (unpaired) electrons. The highest BCUT2D eigenvalue weighted by Gasteiger charge is 2.46. The van der Waals surface area contributed by atoms with E-state index in [-0.39, 0.29) is 0 Å². The van der Waals surface area contributed by atoms with Crippen LogP contribution in [-0.2, 0) is 0 Å². The van der Waals surface area contributed by atoms with Crippen LogP contribution in [0.4, 0.5) is 0 Å². The molecule has 94 valence electrons.